The molecule has 0 bridgehead atoms. The van der Waals surface area contributed by atoms with E-state index >= 15 is 0 Å². The van der Waals surface area contributed by atoms with Crippen molar-refractivity contribution in [2.45, 2.75) is 40.0 Å². The van der Waals surface area contributed by atoms with E-state index in [1.165, 1.54) is 4.31 Å². The molecule has 6 heteroatoms. The van der Waals surface area contributed by atoms with Crippen LogP contribution in [0.4, 0.5) is 0 Å². The lowest BCUT2D eigenvalue weighted by atomic mass is 10.0. The molecule has 0 heterocycles. The number of hydrogen-bond acceptors (Lipinski definition) is 3. The molecule has 116 valence electrons. The minimum Gasteiger partial charge on any atom is -0.320 e. The topological polar surface area (TPSA) is 52.7 Å². The molecule has 0 saturated heterocycles. The van der Waals surface area contributed by atoms with Gasteiger partial charge in [-0.3, -0.25) is 0 Å². The van der Waals surface area contributed by atoms with E-state index in [4.69, 9.17) is 0 Å². The summed E-state index contributed by atoms with van der Waals surface area (Å²) in [5.41, 5.74) is 0. The molecule has 5 nitrogen and oxygen atoms in total. The molecular formula is C13H31N3O2S. The molecule has 0 aromatic rings. The number of hydrogen-bond donors (Lipinski definition) is 1. The summed E-state index contributed by atoms with van der Waals surface area (Å²) in [6.07, 6.45) is 2.87. The van der Waals surface area contributed by atoms with E-state index < -0.39 is 10.2 Å². The van der Waals surface area contributed by atoms with Crippen LogP contribution in [-0.4, -0.2) is 57.3 Å². The lowest BCUT2D eigenvalue weighted by Crippen LogP contribution is -2.44. The second kappa shape index (κ2) is 9.69. The Morgan fingerprint density at radius 1 is 1.16 bits per heavy atom. The van der Waals surface area contributed by atoms with E-state index in [0.29, 0.717) is 25.6 Å². The maximum atomic E-state index is 12.5. The van der Waals surface area contributed by atoms with Crippen molar-refractivity contribution >= 4 is 10.2 Å². The Labute approximate surface area is 119 Å². The van der Waals surface area contributed by atoms with Crippen molar-refractivity contribution in [3.05, 3.63) is 0 Å². The van der Waals surface area contributed by atoms with Crippen molar-refractivity contribution in [3.63, 3.8) is 0 Å². The zero-order valence-corrected chi connectivity index (χ0v) is 14.0. The van der Waals surface area contributed by atoms with Gasteiger partial charge >= 0.3 is 0 Å². The zero-order chi connectivity index (χ0) is 14.9. The molecule has 19 heavy (non-hydrogen) atoms. The maximum absolute atomic E-state index is 12.5. The van der Waals surface area contributed by atoms with E-state index in [1.807, 2.05) is 14.0 Å². The Morgan fingerprint density at radius 3 is 2.16 bits per heavy atom. The smallest absolute Gasteiger partial charge is 0.281 e. The summed E-state index contributed by atoms with van der Waals surface area (Å²) in [6.45, 7) is 8.69. The van der Waals surface area contributed by atoms with Crippen LogP contribution < -0.4 is 5.32 Å². The molecule has 0 unspecified atom stereocenters. The van der Waals surface area contributed by atoms with Crippen molar-refractivity contribution < 1.29 is 8.42 Å². The summed E-state index contributed by atoms with van der Waals surface area (Å²) < 4.78 is 28.0. The van der Waals surface area contributed by atoms with Gasteiger partial charge in [-0.1, -0.05) is 33.6 Å². The number of rotatable bonds is 11. The Bertz CT molecular complexity index is 316. The molecule has 0 aromatic carbocycles. The minimum atomic E-state index is -3.31. The van der Waals surface area contributed by atoms with Crippen molar-refractivity contribution in [1.29, 1.82) is 0 Å². The molecule has 0 amide bonds. The molecule has 0 spiro atoms. The molecule has 0 radical (unpaired) electrons. The van der Waals surface area contributed by atoms with Gasteiger partial charge in [0.1, 0.15) is 0 Å². The predicted octanol–water partition coefficient (Wildman–Crippen LogP) is 1.53. The summed E-state index contributed by atoms with van der Waals surface area (Å²) in [5.74, 6) is 0.445. The average molecular weight is 293 g/mol. The van der Waals surface area contributed by atoms with Gasteiger partial charge in [-0.2, -0.15) is 17.0 Å². The summed E-state index contributed by atoms with van der Waals surface area (Å²) in [4.78, 5) is 0. The van der Waals surface area contributed by atoms with E-state index in [-0.39, 0.29) is 0 Å². The van der Waals surface area contributed by atoms with Crippen molar-refractivity contribution in [1.82, 2.24) is 13.9 Å². The lowest BCUT2D eigenvalue weighted by molar-refractivity contribution is 0.312. The van der Waals surface area contributed by atoms with Crippen molar-refractivity contribution in [2.75, 3.05) is 40.3 Å². The van der Waals surface area contributed by atoms with Crippen LogP contribution in [0.2, 0.25) is 0 Å². The molecule has 0 aromatic heterocycles. The molecule has 0 saturated carbocycles. The molecule has 0 fully saturated rings. The Morgan fingerprint density at radius 2 is 1.74 bits per heavy atom. The van der Waals surface area contributed by atoms with E-state index in [0.717, 1.165) is 25.8 Å². The monoisotopic (exact) mass is 293 g/mol. The molecule has 0 aliphatic carbocycles. The average Bonchev–Trinajstić information content (AvgIpc) is 2.40. The van der Waals surface area contributed by atoms with Crippen LogP contribution >= 0.6 is 0 Å². The van der Waals surface area contributed by atoms with Crippen molar-refractivity contribution in [2.24, 2.45) is 5.92 Å². The summed E-state index contributed by atoms with van der Waals surface area (Å²) in [7, 11) is 0.234. The van der Waals surface area contributed by atoms with E-state index in [1.54, 1.807) is 11.4 Å². The van der Waals surface area contributed by atoms with Gasteiger partial charge < -0.3 is 5.32 Å². The summed E-state index contributed by atoms with van der Waals surface area (Å²) in [5, 5.41) is 3.03. The number of nitrogens with one attached hydrogen (secondary N) is 1. The molecule has 0 aliphatic heterocycles. The maximum Gasteiger partial charge on any atom is 0.281 e. The third kappa shape index (κ3) is 6.21. The van der Waals surface area contributed by atoms with Gasteiger partial charge in [-0.05, 0) is 25.9 Å². The van der Waals surface area contributed by atoms with Crippen LogP contribution in [0.15, 0.2) is 0 Å². The van der Waals surface area contributed by atoms with Crippen LogP contribution in [0.3, 0.4) is 0 Å². The van der Waals surface area contributed by atoms with Crippen molar-refractivity contribution in [3.8, 4) is 0 Å². The summed E-state index contributed by atoms with van der Waals surface area (Å²) in [6, 6.07) is 0. The normalized spacial score (nSPS) is 12.8. The van der Waals surface area contributed by atoms with Gasteiger partial charge in [0.2, 0.25) is 0 Å². The fraction of sp³-hybridized carbons (Fsp3) is 1.00. The second-order valence-corrected chi connectivity index (χ2v) is 6.95. The van der Waals surface area contributed by atoms with Gasteiger partial charge in [0, 0.05) is 26.7 Å². The van der Waals surface area contributed by atoms with Crippen LogP contribution in [0.1, 0.15) is 40.0 Å². The Kier molecular flexibility index (Phi) is 9.60. The fourth-order valence-electron chi connectivity index (χ4n) is 2.01. The highest BCUT2D eigenvalue weighted by Gasteiger charge is 2.26. The fourth-order valence-corrected chi connectivity index (χ4v) is 3.49. The first-order valence-electron chi connectivity index (χ1n) is 7.29. The zero-order valence-electron chi connectivity index (χ0n) is 13.1. The molecule has 0 rings (SSSR count). The molecule has 0 aliphatic rings. The van der Waals surface area contributed by atoms with Gasteiger partial charge in [-0.15, -0.1) is 0 Å². The van der Waals surface area contributed by atoms with E-state index in [9.17, 15) is 8.42 Å². The third-order valence-electron chi connectivity index (χ3n) is 3.59. The molecule has 1 N–H and O–H groups in total. The third-order valence-corrected chi connectivity index (χ3v) is 5.62. The van der Waals surface area contributed by atoms with Crippen LogP contribution in [0.5, 0.6) is 0 Å². The first-order valence-corrected chi connectivity index (χ1v) is 8.69. The minimum absolute atomic E-state index is 0.445. The Hall–Kier alpha value is -0.170. The highest BCUT2D eigenvalue weighted by molar-refractivity contribution is 7.86. The van der Waals surface area contributed by atoms with Gasteiger partial charge in [0.25, 0.3) is 10.2 Å². The first-order chi connectivity index (χ1) is 8.93. The predicted molar refractivity (Wildman–Crippen MR) is 81.4 cm³/mol. The van der Waals surface area contributed by atoms with Crippen LogP contribution in [0.25, 0.3) is 0 Å². The van der Waals surface area contributed by atoms with Crippen LogP contribution in [-0.2, 0) is 10.2 Å². The highest BCUT2D eigenvalue weighted by atomic mass is 32.2. The standard InChI is InChI=1S/C13H31N3O2S/c1-6-13(7-2)12-16(8-3)19(17,18)15(5)11-9-10-14-4/h13-14H,6-12H2,1-5H3. The van der Waals surface area contributed by atoms with Gasteiger partial charge in [0.15, 0.2) is 0 Å². The van der Waals surface area contributed by atoms with Gasteiger partial charge in [-0.25, -0.2) is 0 Å². The highest BCUT2D eigenvalue weighted by Crippen LogP contribution is 2.14. The van der Waals surface area contributed by atoms with E-state index in [2.05, 4.69) is 19.2 Å². The SMILES string of the molecule is CCC(CC)CN(CC)S(=O)(=O)N(C)CCCNC. The lowest BCUT2D eigenvalue weighted by Gasteiger charge is -2.29. The Balaban J connectivity index is 4.63. The molecular weight excluding hydrogens is 262 g/mol. The summed E-state index contributed by atoms with van der Waals surface area (Å²) >= 11 is 0. The largest absolute Gasteiger partial charge is 0.320 e. The van der Waals surface area contributed by atoms with Crippen LogP contribution in [0, 0.1) is 5.92 Å². The molecule has 0 atom stereocenters. The quantitative estimate of drug-likeness (QED) is 0.588. The first kappa shape index (κ1) is 18.8. The number of nitrogens with zero attached hydrogens (tertiary/aromatic N) is 2. The van der Waals surface area contributed by atoms with Gasteiger partial charge in [0.05, 0.1) is 0 Å². The second-order valence-electron chi connectivity index (χ2n) is 4.92.